The molecular formula is C28H47F3O2. The third-order valence-corrected chi connectivity index (χ3v) is 10.1. The fraction of sp³-hybridized carbons (Fsp3) is 0.929. The summed E-state index contributed by atoms with van der Waals surface area (Å²) in [4.78, 5) is 0. The average molecular weight is 473 g/mol. The summed E-state index contributed by atoms with van der Waals surface area (Å²) in [5, 5.41) is 20.4. The molecule has 2 saturated carbocycles. The smallest absolute Gasteiger partial charge is 0.390 e. The van der Waals surface area contributed by atoms with E-state index in [1.165, 1.54) is 24.8 Å². The third-order valence-electron chi connectivity index (χ3n) is 10.1. The van der Waals surface area contributed by atoms with Crippen LogP contribution in [0.2, 0.25) is 0 Å². The van der Waals surface area contributed by atoms with Gasteiger partial charge in [-0.2, -0.15) is 13.2 Å². The highest BCUT2D eigenvalue weighted by Gasteiger charge is 2.51. The molecule has 0 aromatic carbocycles. The molecule has 0 aromatic rings. The van der Waals surface area contributed by atoms with E-state index in [0.717, 1.165) is 51.9 Å². The van der Waals surface area contributed by atoms with Crippen molar-refractivity contribution >= 4 is 0 Å². The molecule has 0 spiro atoms. The van der Waals surface area contributed by atoms with Gasteiger partial charge in [0.25, 0.3) is 0 Å². The predicted octanol–water partition coefficient (Wildman–Crippen LogP) is 7.83. The van der Waals surface area contributed by atoms with Crippen LogP contribution in [-0.4, -0.2) is 27.6 Å². The number of hydrogen-bond acceptors (Lipinski definition) is 2. The van der Waals surface area contributed by atoms with Gasteiger partial charge in [-0.3, -0.25) is 0 Å². The second-order valence-corrected chi connectivity index (χ2v) is 12.6. The Hall–Kier alpha value is -0.550. The molecule has 0 unspecified atom stereocenters. The van der Waals surface area contributed by atoms with Gasteiger partial charge in [0.2, 0.25) is 0 Å². The van der Waals surface area contributed by atoms with Crippen LogP contribution < -0.4 is 0 Å². The number of fused-ring (bicyclic) bond motifs is 3. The molecular weight excluding hydrogens is 425 g/mol. The van der Waals surface area contributed by atoms with E-state index in [1.807, 2.05) is 6.92 Å². The number of alkyl halides is 3. The van der Waals surface area contributed by atoms with Gasteiger partial charge in [0.05, 0.1) is 5.60 Å². The normalized spacial score (nSPS) is 38.5. The summed E-state index contributed by atoms with van der Waals surface area (Å²) < 4.78 is 39.1. The molecule has 5 heteroatoms. The van der Waals surface area contributed by atoms with Crippen LogP contribution >= 0.6 is 0 Å². The quantitative estimate of drug-likeness (QED) is 0.353. The van der Waals surface area contributed by atoms with Gasteiger partial charge in [0, 0.05) is 0 Å². The molecule has 2 nitrogen and oxygen atoms in total. The first-order chi connectivity index (χ1) is 15.2. The van der Waals surface area contributed by atoms with E-state index in [0.29, 0.717) is 30.1 Å². The zero-order valence-corrected chi connectivity index (χ0v) is 21.5. The van der Waals surface area contributed by atoms with Crippen LogP contribution in [-0.2, 0) is 0 Å². The first-order valence-electron chi connectivity index (χ1n) is 13.4. The predicted molar refractivity (Wildman–Crippen MR) is 128 cm³/mol. The Morgan fingerprint density at radius 2 is 1.85 bits per heavy atom. The van der Waals surface area contributed by atoms with E-state index in [-0.39, 0.29) is 17.8 Å². The molecule has 2 fully saturated rings. The first kappa shape index (κ1) is 27.0. The van der Waals surface area contributed by atoms with Crippen LogP contribution in [0.15, 0.2) is 11.6 Å². The lowest BCUT2D eigenvalue weighted by Crippen LogP contribution is -2.48. The van der Waals surface area contributed by atoms with E-state index in [2.05, 4.69) is 26.8 Å². The van der Waals surface area contributed by atoms with Gasteiger partial charge in [-0.15, -0.1) is 0 Å². The minimum atomic E-state index is -4.57. The van der Waals surface area contributed by atoms with Crippen LogP contribution in [0, 0.1) is 35.0 Å². The molecule has 0 amide bonds. The zero-order valence-electron chi connectivity index (χ0n) is 21.5. The SMILES string of the molecule is CC[C@H](CC[C@@H]1CCC[C@H]2[C@H]1CC=C1C[C@@](C)(O)CC[C@@]12C)[C@H](C)CC[C@](C)(O)C(F)(F)F. The summed E-state index contributed by atoms with van der Waals surface area (Å²) in [6.45, 7) is 9.53. The Morgan fingerprint density at radius 3 is 2.48 bits per heavy atom. The molecule has 0 saturated heterocycles. The highest BCUT2D eigenvalue weighted by atomic mass is 19.4. The summed E-state index contributed by atoms with van der Waals surface area (Å²) in [7, 11) is 0. The molecule has 0 aliphatic heterocycles. The molecule has 0 heterocycles. The Kier molecular flexibility index (Phi) is 8.06. The number of halogens is 3. The Morgan fingerprint density at radius 1 is 1.15 bits per heavy atom. The van der Waals surface area contributed by atoms with Crippen molar-refractivity contribution in [2.24, 2.45) is 35.0 Å². The summed E-state index contributed by atoms with van der Waals surface area (Å²) in [6.07, 6.45) is 9.00. The van der Waals surface area contributed by atoms with Crippen molar-refractivity contribution in [3.8, 4) is 0 Å². The van der Waals surface area contributed by atoms with Crippen LogP contribution in [0.5, 0.6) is 0 Å². The number of allylic oxidation sites excluding steroid dienone is 1. The minimum Gasteiger partial charge on any atom is -0.390 e. The van der Waals surface area contributed by atoms with Gasteiger partial charge < -0.3 is 10.2 Å². The van der Waals surface area contributed by atoms with Crippen molar-refractivity contribution in [1.82, 2.24) is 0 Å². The number of hydrogen-bond donors (Lipinski definition) is 2. The summed E-state index contributed by atoms with van der Waals surface area (Å²) >= 11 is 0. The molecule has 2 N–H and O–H groups in total. The highest BCUT2D eigenvalue weighted by Crippen LogP contribution is 2.59. The fourth-order valence-corrected chi connectivity index (χ4v) is 7.47. The van der Waals surface area contributed by atoms with Gasteiger partial charge in [0.15, 0.2) is 5.60 Å². The van der Waals surface area contributed by atoms with E-state index < -0.39 is 17.4 Å². The minimum absolute atomic E-state index is 0.180. The molecule has 3 aliphatic rings. The van der Waals surface area contributed by atoms with Crippen LogP contribution in [0.25, 0.3) is 0 Å². The number of rotatable bonds is 8. The van der Waals surface area contributed by atoms with E-state index in [4.69, 9.17) is 0 Å². The molecule has 8 atom stereocenters. The fourth-order valence-electron chi connectivity index (χ4n) is 7.47. The Bertz CT molecular complexity index is 696. The topological polar surface area (TPSA) is 40.5 Å². The second-order valence-electron chi connectivity index (χ2n) is 12.6. The standard InChI is InChI=1S/C28H47F3O2/c1-6-20(19(2)14-15-27(5,33)28(29,30)31)10-11-21-8-7-9-24-23(21)13-12-22-18-25(3,32)16-17-26(22,24)4/h12,19-21,23-24,32-33H,6-11,13-18H2,1-5H3/t19-,20-,21+,23+,24+,25+,26+,27+/m1/s1. The van der Waals surface area contributed by atoms with Crippen molar-refractivity contribution < 1.29 is 23.4 Å². The molecule has 0 radical (unpaired) electrons. The van der Waals surface area contributed by atoms with Crippen molar-refractivity contribution in [2.75, 3.05) is 0 Å². The molecule has 3 aliphatic carbocycles. The summed E-state index contributed by atoms with van der Waals surface area (Å²) in [5.74, 6) is 2.69. The summed E-state index contributed by atoms with van der Waals surface area (Å²) in [5.41, 5.74) is -1.45. The van der Waals surface area contributed by atoms with Gasteiger partial charge >= 0.3 is 6.18 Å². The van der Waals surface area contributed by atoms with Crippen LogP contribution in [0.4, 0.5) is 13.2 Å². The third kappa shape index (κ3) is 5.82. The highest BCUT2D eigenvalue weighted by molar-refractivity contribution is 5.25. The largest absolute Gasteiger partial charge is 0.416 e. The van der Waals surface area contributed by atoms with Crippen molar-refractivity contribution in [3.05, 3.63) is 11.6 Å². The van der Waals surface area contributed by atoms with Gasteiger partial charge in [-0.25, -0.2) is 0 Å². The summed E-state index contributed by atoms with van der Waals surface area (Å²) in [6, 6.07) is 0. The lowest BCUT2D eigenvalue weighted by molar-refractivity contribution is -0.256. The van der Waals surface area contributed by atoms with Crippen molar-refractivity contribution in [2.45, 2.75) is 129 Å². The lowest BCUT2D eigenvalue weighted by atomic mass is 9.50. The van der Waals surface area contributed by atoms with Crippen molar-refractivity contribution in [3.63, 3.8) is 0 Å². The van der Waals surface area contributed by atoms with Crippen LogP contribution in [0.1, 0.15) is 112 Å². The maximum atomic E-state index is 13.0. The van der Waals surface area contributed by atoms with Crippen molar-refractivity contribution in [1.29, 1.82) is 0 Å². The maximum absolute atomic E-state index is 13.0. The van der Waals surface area contributed by atoms with Crippen LogP contribution in [0.3, 0.4) is 0 Å². The Labute approximate surface area is 199 Å². The van der Waals surface area contributed by atoms with Gasteiger partial charge in [0.1, 0.15) is 0 Å². The average Bonchev–Trinajstić information content (AvgIpc) is 2.72. The molecule has 0 bridgehead atoms. The maximum Gasteiger partial charge on any atom is 0.416 e. The number of aliphatic hydroxyl groups is 2. The van der Waals surface area contributed by atoms with E-state index in [9.17, 15) is 23.4 Å². The van der Waals surface area contributed by atoms with Gasteiger partial charge in [-0.1, -0.05) is 51.7 Å². The molecule has 3 rings (SSSR count). The van der Waals surface area contributed by atoms with E-state index >= 15 is 0 Å². The monoisotopic (exact) mass is 472 g/mol. The lowest BCUT2D eigenvalue weighted by Gasteiger charge is -2.55. The second kappa shape index (κ2) is 9.84. The Balaban J connectivity index is 1.60. The molecule has 33 heavy (non-hydrogen) atoms. The van der Waals surface area contributed by atoms with Gasteiger partial charge in [-0.05, 0) is 107 Å². The molecule has 0 aromatic heterocycles. The molecule has 192 valence electrons. The van der Waals surface area contributed by atoms with E-state index in [1.54, 1.807) is 0 Å². The first-order valence-corrected chi connectivity index (χ1v) is 13.4. The zero-order chi connectivity index (χ0) is 24.7.